The molecule has 86 valence electrons. The number of nitrogens with one attached hydrogen (secondary N) is 2. The highest BCUT2D eigenvalue weighted by Crippen LogP contribution is 2.11. The van der Waals surface area contributed by atoms with Crippen molar-refractivity contribution in [2.24, 2.45) is 5.73 Å². The van der Waals surface area contributed by atoms with Crippen molar-refractivity contribution in [1.29, 1.82) is 0 Å². The van der Waals surface area contributed by atoms with E-state index >= 15 is 0 Å². The van der Waals surface area contributed by atoms with Crippen LogP contribution in [0.25, 0.3) is 11.0 Å². The number of aromatic amines is 1. The molecule has 0 saturated heterocycles. The average molecular weight is 218 g/mol. The van der Waals surface area contributed by atoms with Gasteiger partial charge in [0.1, 0.15) is 0 Å². The van der Waals surface area contributed by atoms with E-state index in [9.17, 15) is 0 Å². The van der Waals surface area contributed by atoms with E-state index in [0.29, 0.717) is 0 Å². The molecule has 1 aromatic carbocycles. The minimum atomic E-state index is 0.757. The number of nitrogens with two attached hydrogens (primary N) is 1. The summed E-state index contributed by atoms with van der Waals surface area (Å²) in [6.07, 6.45) is 3.81. The van der Waals surface area contributed by atoms with Crippen LogP contribution in [0.3, 0.4) is 0 Å². The van der Waals surface area contributed by atoms with Crippen LogP contribution >= 0.6 is 0 Å². The molecule has 0 aliphatic heterocycles. The lowest BCUT2D eigenvalue weighted by Gasteiger charge is -2.03. The van der Waals surface area contributed by atoms with Crippen molar-refractivity contribution in [2.45, 2.75) is 12.8 Å². The maximum absolute atomic E-state index is 5.42. The molecule has 4 N–H and O–H groups in total. The third-order valence-electron chi connectivity index (χ3n) is 2.63. The fourth-order valence-electron chi connectivity index (χ4n) is 1.72. The molecule has 16 heavy (non-hydrogen) atoms. The van der Waals surface area contributed by atoms with E-state index in [1.54, 1.807) is 6.33 Å². The quantitative estimate of drug-likeness (QED) is 0.635. The number of hydrogen-bond donors (Lipinski definition) is 3. The van der Waals surface area contributed by atoms with E-state index in [2.05, 4.69) is 33.5 Å². The Morgan fingerprint density at radius 1 is 1.31 bits per heavy atom. The highest BCUT2D eigenvalue weighted by Gasteiger charge is 1.98. The first-order chi connectivity index (χ1) is 7.90. The SMILES string of the molecule is NCCCNCCc1ccc2nc[nH]c2c1. The summed E-state index contributed by atoms with van der Waals surface area (Å²) in [4.78, 5) is 7.32. The Kier molecular flexibility index (Phi) is 3.91. The van der Waals surface area contributed by atoms with Gasteiger partial charge in [0.25, 0.3) is 0 Å². The van der Waals surface area contributed by atoms with Crippen LogP contribution in [0.4, 0.5) is 0 Å². The molecule has 0 atom stereocenters. The van der Waals surface area contributed by atoms with Gasteiger partial charge in [-0.05, 0) is 50.2 Å². The molecule has 0 fully saturated rings. The summed E-state index contributed by atoms with van der Waals surface area (Å²) in [5.74, 6) is 0. The number of H-pyrrole nitrogens is 1. The Hall–Kier alpha value is -1.39. The molecule has 0 aliphatic rings. The van der Waals surface area contributed by atoms with Crippen molar-refractivity contribution in [3.63, 3.8) is 0 Å². The molecule has 1 heterocycles. The molecule has 0 radical (unpaired) electrons. The van der Waals surface area contributed by atoms with Crippen molar-refractivity contribution in [3.8, 4) is 0 Å². The summed E-state index contributed by atoms with van der Waals surface area (Å²) in [5.41, 5.74) is 8.89. The van der Waals surface area contributed by atoms with E-state index in [1.807, 2.05) is 0 Å². The van der Waals surface area contributed by atoms with Gasteiger partial charge in [0.2, 0.25) is 0 Å². The summed E-state index contributed by atoms with van der Waals surface area (Å²) < 4.78 is 0. The van der Waals surface area contributed by atoms with Crippen LogP contribution in [-0.2, 0) is 6.42 Å². The van der Waals surface area contributed by atoms with E-state index < -0.39 is 0 Å². The molecular formula is C12H18N4. The van der Waals surface area contributed by atoms with Gasteiger partial charge >= 0.3 is 0 Å². The van der Waals surface area contributed by atoms with Gasteiger partial charge in [-0.3, -0.25) is 0 Å². The van der Waals surface area contributed by atoms with E-state index in [1.165, 1.54) is 5.56 Å². The lowest BCUT2D eigenvalue weighted by Crippen LogP contribution is -2.20. The minimum Gasteiger partial charge on any atom is -0.345 e. The Morgan fingerprint density at radius 2 is 2.25 bits per heavy atom. The highest BCUT2D eigenvalue weighted by atomic mass is 14.9. The number of hydrogen-bond acceptors (Lipinski definition) is 3. The molecule has 0 aliphatic carbocycles. The first kappa shape index (κ1) is 11.1. The van der Waals surface area contributed by atoms with Gasteiger partial charge in [-0.2, -0.15) is 0 Å². The molecule has 0 unspecified atom stereocenters. The molecule has 4 nitrogen and oxygen atoms in total. The maximum Gasteiger partial charge on any atom is 0.0931 e. The summed E-state index contributed by atoms with van der Waals surface area (Å²) in [6.45, 7) is 2.76. The number of rotatable bonds is 6. The van der Waals surface area contributed by atoms with Crippen LogP contribution < -0.4 is 11.1 Å². The zero-order chi connectivity index (χ0) is 11.2. The van der Waals surface area contributed by atoms with Crippen molar-refractivity contribution in [2.75, 3.05) is 19.6 Å². The van der Waals surface area contributed by atoms with Gasteiger partial charge in [-0.1, -0.05) is 6.07 Å². The summed E-state index contributed by atoms with van der Waals surface area (Å²) >= 11 is 0. The van der Waals surface area contributed by atoms with Crippen LogP contribution in [-0.4, -0.2) is 29.6 Å². The van der Waals surface area contributed by atoms with Crippen LogP contribution in [0.1, 0.15) is 12.0 Å². The number of nitrogens with zero attached hydrogens (tertiary/aromatic N) is 1. The van der Waals surface area contributed by atoms with Gasteiger partial charge in [0.05, 0.1) is 17.4 Å². The maximum atomic E-state index is 5.42. The number of fused-ring (bicyclic) bond motifs is 1. The van der Waals surface area contributed by atoms with Gasteiger partial charge < -0.3 is 16.0 Å². The van der Waals surface area contributed by atoms with Crippen LogP contribution in [0.2, 0.25) is 0 Å². The number of imidazole rings is 1. The van der Waals surface area contributed by atoms with Crippen molar-refractivity contribution < 1.29 is 0 Å². The standard InChI is InChI=1S/C12H18N4/c13-5-1-6-14-7-4-10-2-3-11-12(8-10)16-9-15-11/h2-3,8-9,14H,1,4-7,13H2,(H,15,16). The molecule has 0 spiro atoms. The molecule has 0 amide bonds. The highest BCUT2D eigenvalue weighted by molar-refractivity contribution is 5.74. The fourth-order valence-corrected chi connectivity index (χ4v) is 1.72. The largest absolute Gasteiger partial charge is 0.345 e. The zero-order valence-corrected chi connectivity index (χ0v) is 9.37. The second kappa shape index (κ2) is 5.63. The van der Waals surface area contributed by atoms with Gasteiger partial charge in [-0.15, -0.1) is 0 Å². The van der Waals surface area contributed by atoms with Gasteiger partial charge in [0.15, 0.2) is 0 Å². The number of benzene rings is 1. The Morgan fingerprint density at radius 3 is 3.12 bits per heavy atom. The summed E-state index contributed by atoms with van der Waals surface area (Å²) in [6, 6.07) is 6.35. The molecule has 0 saturated carbocycles. The normalized spacial score (nSPS) is 11.1. The van der Waals surface area contributed by atoms with Crippen LogP contribution in [0.15, 0.2) is 24.5 Å². The first-order valence-corrected chi connectivity index (χ1v) is 5.73. The second-order valence-electron chi connectivity index (χ2n) is 3.90. The molecule has 1 aromatic heterocycles. The van der Waals surface area contributed by atoms with Crippen LogP contribution in [0.5, 0.6) is 0 Å². The van der Waals surface area contributed by atoms with Crippen molar-refractivity contribution in [3.05, 3.63) is 30.1 Å². The molecule has 2 rings (SSSR count). The van der Waals surface area contributed by atoms with Gasteiger partial charge in [-0.25, -0.2) is 4.98 Å². The lowest BCUT2D eigenvalue weighted by atomic mass is 10.1. The topological polar surface area (TPSA) is 66.7 Å². The predicted molar refractivity (Wildman–Crippen MR) is 66.3 cm³/mol. The van der Waals surface area contributed by atoms with E-state index in [0.717, 1.165) is 43.5 Å². The Balaban J connectivity index is 1.84. The summed E-state index contributed by atoms with van der Waals surface area (Å²) in [5, 5.41) is 3.37. The second-order valence-corrected chi connectivity index (χ2v) is 3.90. The molecule has 4 heteroatoms. The molecule has 0 bridgehead atoms. The third kappa shape index (κ3) is 2.81. The Labute approximate surface area is 95.3 Å². The average Bonchev–Trinajstić information content (AvgIpc) is 2.76. The van der Waals surface area contributed by atoms with Crippen LogP contribution in [0, 0.1) is 0 Å². The lowest BCUT2D eigenvalue weighted by molar-refractivity contribution is 0.653. The summed E-state index contributed by atoms with van der Waals surface area (Å²) in [7, 11) is 0. The van der Waals surface area contributed by atoms with Crippen molar-refractivity contribution >= 4 is 11.0 Å². The molecule has 2 aromatic rings. The van der Waals surface area contributed by atoms with E-state index in [4.69, 9.17) is 5.73 Å². The number of aromatic nitrogens is 2. The monoisotopic (exact) mass is 218 g/mol. The predicted octanol–water partition coefficient (Wildman–Crippen LogP) is 1.04. The Bertz CT molecular complexity index is 435. The minimum absolute atomic E-state index is 0.757. The first-order valence-electron chi connectivity index (χ1n) is 5.73. The van der Waals surface area contributed by atoms with E-state index in [-0.39, 0.29) is 0 Å². The van der Waals surface area contributed by atoms with Gasteiger partial charge in [0, 0.05) is 0 Å². The smallest absolute Gasteiger partial charge is 0.0931 e. The fraction of sp³-hybridized carbons (Fsp3) is 0.417. The zero-order valence-electron chi connectivity index (χ0n) is 9.37. The van der Waals surface area contributed by atoms with Crippen molar-refractivity contribution in [1.82, 2.24) is 15.3 Å². The molecular weight excluding hydrogens is 200 g/mol. The third-order valence-corrected chi connectivity index (χ3v) is 2.63.